The summed E-state index contributed by atoms with van der Waals surface area (Å²) < 4.78 is 12.9. The predicted octanol–water partition coefficient (Wildman–Crippen LogP) is -0.514. The van der Waals surface area contributed by atoms with Crippen LogP contribution in [0.4, 0.5) is 0 Å². The van der Waals surface area contributed by atoms with Gasteiger partial charge in [-0.1, -0.05) is 0 Å². The molecule has 3 aliphatic heterocycles. The van der Waals surface area contributed by atoms with Gasteiger partial charge in [0.1, 0.15) is 15.7 Å². The minimum atomic E-state index is -2.30. The molecular formula is C14H13B3N2O3S. The summed E-state index contributed by atoms with van der Waals surface area (Å²) in [6.07, 6.45) is 0. The van der Waals surface area contributed by atoms with Crippen molar-refractivity contribution in [2.75, 3.05) is 26.2 Å². The van der Waals surface area contributed by atoms with Gasteiger partial charge in [0.05, 0.1) is 5.40 Å². The Morgan fingerprint density at radius 2 is 1.78 bits per heavy atom. The molecule has 2 N–H and O–H groups in total. The van der Waals surface area contributed by atoms with Crippen molar-refractivity contribution in [1.29, 1.82) is 0 Å². The number of rotatable bonds is 2. The molecule has 9 heteroatoms. The van der Waals surface area contributed by atoms with Crippen LogP contribution in [-0.2, 0) is 0 Å². The van der Waals surface area contributed by atoms with Gasteiger partial charge in [0.25, 0.3) is 0 Å². The minimum Gasteiger partial charge on any atom is -0.497 e. The zero-order valence-corrected chi connectivity index (χ0v) is 13.2. The van der Waals surface area contributed by atoms with Crippen LogP contribution < -0.4 is 14.8 Å². The molecule has 0 amide bonds. The fraction of sp³-hybridized carbons (Fsp3) is 0.429. The van der Waals surface area contributed by atoms with Gasteiger partial charge in [0.2, 0.25) is 0 Å². The van der Waals surface area contributed by atoms with Gasteiger partial charge >= 0.3 is 0 Å². The van der Waals surface area contributed by atoms with Crippen LogP contribution in [0.25, 0.3) is 0 Å². The second kappa shape index (κ2) is 5.24. The molecule has 3 heterocycles. The molecular weight excluding hydrogens is 309 g/mol. The van der Waals surface area contributed by atoms with Crippen LogP contribution in [0.3, 0.4) is 0 Å². The molecule has 0 saturated heterocycles. The van der Waals surface area contributed by atoms with E-state index in [4.69, 9.17) is 33.0 Å². The van der Waals surface area contributed by atoms with E-state index in [1.165, 1.54) is 11.1 Å². The quantitative estimate of drug-likeness (QED) is 0.435. The van der Waals surface area contributed by atoms with Gasteiger partial charge in [-0.2, -0.15) is 0 Å². The Kier molecular flexibility index (Phi) is 3.53. The Hall–Kier alpha value is -1.02. The largest absolute Gasteiger partial charge is 0.497 e. The second-order valence-corrected chi connectivity index (χ2v) is 7.17. The van der Waals surface area contributed by atoms with Gasteiger partial charge in [0.15, 0.2) is 25.0 Å². The van der Waals surface area contributed by atoms with Gasteiger partial charge in [0, 0.05) is 31.1 Å². The Morgan fingerprint density at radius 1 is 1.09 bits per heavy atom. The van der Waals surface area contributed by atoms with Crippen molar-refractivity contribution < 1.29 is 14.6 Å². The van der Waals surface area contributed by atoms with Gasteiger partial charge in [-0.15, -0.1) is 0 Å². The van der Waals surface area contributed by atoms with E-state index in [0.717, 1.165) is 31.1 Å². The van der Waals surface area contributed by atoms with Crippen molar-refractivity contribution in [2.24, 2.45) is 0 Å². The van der Waals surface area contributed by atoms with E-state index in [9.17, 15) is 5.11 Å². The Balaban J connectivity index is 1.50. The zero-order chi connectivity index (χ0) is 16.2. The number of ether oxygens (including phenoxy) is 2. The number of hydrogen-bond donors (Lipinski definition) is 2. The summed E-state index contributed by atoms with van der Waals surface area (Å²) in [7, 11) is 16.8. The maximum Gasteiger partial charge on any atom is 0.177 e. The third kappa shape index (κ3) is 2.69. The van der Waals surface area contributed by atoms with E-state index in [1.54, 1.807) is 24.1 Å². The third-order valence-corrected chi connectivity index (χ3v) is 5.15. The summed E-state index contributed by atoms with van der Waals surface area (Å²) in [6.45, 7) is 3.83. The number of benzene rings is 1. The molecule has 6 radical (unpaired) electrons. The van der Waals surface area contributed by atoms with E-state index in [-0.39, 0.29) is 0 Å². The van der Waals surface area contributed by atoms with E-state index in [0.29, 0.717) is 11.5 Å². The van der Waals surface area contributed by atoms with Crippen LogP contribution >= 0.6 is 11.9 Å². The monoisotopic (exact) mass is 322 g/mol. The van der Waals surface area contributed by atoms with Gasteiger partial charge < -0.3 is 19.9 Å². The molecule has 0 fully saturated rings. The first kappa shape index (κ1) is 15.5. The molecule has 3 aliphatic rings. The van der Waals surface area contributed by atoms with Crippen molar-refractivity contribution >= 4 is 35.5 Å². The highest BCUT2D eigenvalue weighted by Crippen LogP contribution is 2.42. The average molecular weight is 322 g/mol. The molecule has 1 aromatic carbocycles. The van der Waals surface area contributed by atoms with Crippen LogP contribution in [-0.4, -0.2) is 70.2 Å². The third-order valence-electron chi connectivity index (χ3n) is 4.17. The zero-order valence-electron chi connectivity index (χ0n) is 12.4. The van der Waals surface area contributed by atoms with Gasteiger partial charge in [-0.3, -0.25) is 0 Å². The molecule has 5 nitrogen and oxygen atoms in total. The van der Waals surface area contributed by atoms with Crippen molar-refractivity contribution in [3.05, 3.63) is 29.3 Å². The molecule has 0 saturated carbocycles. The minimum absolute atomic E-state index is 0.313. The number of nitrogens with zero attached hydrogens (tertiary/aromatic N) is 1. The van der Waals surface area contributed by atoms with Crippen LogP contribution in [0.2, 0.25) is 0 Å². The number of nitrogens with one attached hydrogen (secondary N) is 1. The van der Waals surface area contributed by atoms with E-state index < -0.39 is 11.1 Å². The lowest BCUT2D eigenvalue weighted by Crippen LogP contribution is -2.65. The summed E-state index contributed by atoms with van der Waals surface area (Å²) in [5, 5.41) is 11.3. The van der Waals surface area contributed by atoms with Gasteiger partial charge in [-0.25, -0.2) is 4.31 Å². The Labute approximate surface area is 143 Å². The first-order chi connectivity index (χ1) is 10.8. The summed E-state index contributed by atoms with van der Waals surface area (Å²) >= 11 is 1.62. The molecule has 0 bridgehead atoms. The smallest absolute Gasteiger partial charge is 0.177 e. The second-order valence-electron chi connectivity index (χ2n) is 6.00. The molecule has 0 spiro atoms. The van der Waals surface area contributed by atoms with E-state index in [2.05, 4.69) is 9.62 Å². The molecule has 0 aromatic heterocycles. The Morgan fingerprint density at radius 3 is 2.48 bits per heavy atom. The highest BCUT2D eigenvalue weighted by atomic mass is 32.2. The molecule has 23 heavy (non-hydrogen) atoms. The molecule has 1 atom stereocenters. The highest BCUT2D eigenvalue weighted by Gasteiger charge is 2.46. The van der Waals surface area contributed by atoms with Crippen molar-refractivity contribution in [3.63, 3.8) is 0 Å². The fourth-order valence-corrected chi connectivity index (χ4v) is 3.88. The molecule has 1 aromatic rings. The van der Waals surface area contributed by atoms with Crippen LogP contribution in [0, 0.1) is 0 Å². The molecule has 112 valence electrons. The molecule has 1 unspecified atom stereocenters. The lowest BCUT2D eigenvalue weighted by molar-refractivity contribution is -0.140. The van der Waals surface area contributed by atoms with Crippen LogP contribution in [0.1, 0.15) is 0 Å². The lowest BCUT2D eigenvalue weighted by Gasteiger charge is -2.46. The molecule has 0 aliphatic carbocycles. The normalized spacial score (nSPS) is 28.9. The number of hydrogen-bond acceptors (Lipinski definition) is 6. The van der Waals surface area contributed by atoms with E-state index in [1.807, 2.05) is 6.07 Å². The molecule has 4 rings (SSSR count). The van der Waals surface area contributed by atoms with Crippen molar-refractivity contribution in [1.82, 2.24) is 9.62 Å². The van der Waals surface area contributed by atoms with Crippen molar-refractivity contribution in [2.45, 2.75) is 16.0 Å². The lowest BCUT2D eigenvalue weighted by atomic mass is 9.54. The number of fused-ring (bicyclic) bond motifs is 1. The van der Waals surface area contributed by atoms with E-state index >= 15 is 0 Å². The summed E-state index contributed by atoms with van der Waals surface area (Å²) in [5.41, 5.74) is 0.649. The summed E-state index contributed by atoms with van der Waals surface area (Å²) in [5.74, 6) is 0.661. The summed E-state index contributed by atoms with van der Waals surface area (Å²) in [6, 6.07) is 5.36. The van der Waals surface area contributed by atoms with Crippen molar-refractivity contribution in [3.8, 4) is 11.5 Å². The maximum absolute atomic E-state index is 9.98. The highest BCUT2D eigenvalue weighted by molar-refractivity contribution is 7.97. The average Bonchev–Trinajstić information content (AvgIpc) is 3.00. The number of aliphatic hydroxyl groups is 1. The first-order valence-corrected chi connectivity index (χ1v) is 8.06. The maximum atomic E-state index is 9.98. The Bertz CT molecular complexity index is 680. The first-order valence-electron chi connectivity index (χ1n) is 7.28. The van der Waals surface area contributed by atoms with Gasteiger partial charge in [-0.05, 0) is 41.3 Å². The van der Waals surface area contributed by atoms with Crippen LogP contribution in [0.15, 0.2) is 34.2 Å². The SMILES string of the molecule is [B]C1([B])Oc2ccc(SN3CC4=C(CNC4)C3)cc2OC1([B])O. The van der Waals surface area contributed by atoms with Crippen LogP contribution in [0.5, 0.6) is 11.5 Å². The predicted molar refractivity (Wildman–Crippen MR) is 90.0 cm³/mol. The topological polar surface area (TPSA) is 54.0 Å². The fourth-order valence-electron chi connectivity index (χ4n) is 2.86. The summed E-state index contributed by atoms with van der Waals surface area (Å²) in [4.78, 5) is 0.957. The standard InChI is InChI=1S/C14H13B3N2O3S/c15-13(16)14(17,20)22-12-3-10(1-2-11(12)21-13)23-19-6-8-4-18-5-9(8)7-19/h1-3,18,20H,4-7H2.